The van der Waals surface area contributed by atoms with Gasteiger partial charge in [0.1, 0.15) is 0 Å². The van der Waals surface area contributed by atoms with Gasteiger partial charge in [0.2, 0.25) is 0 Å². The van der Waals surface area contributed by atoms with Crippen LogP contribution >= 0.6 is 0 Å². The van der Waals surface area contributed by atoms with E-state index in [4.69, 9.17) is 15.2 Å². The highest BCUT2D eigenvalue weighted by Crippen LogP contribution is 2.47. The predicted octanol–water partition coefficient (Wildman–Crippen LogP) is 2.35. The van der Waals surface area contributed by atoms with E-state index in [0.717, 1.165) is 29.9 Å². The summed E-state index contributed by atoms with van der Waals surface area (Å²) in [6.07, 6.45) is 3.24. The number of rotatable bonds is 3. The fourth-order valence-electron chi connectivity index (χ4n) is 2.45. The first kappa shape index (κ1) is 11.3. The molecule has 0 aromatic heterocycles. The van der Waals surface area contributed by atoms with Crippen molar-refractivity contribution in [3.8, 4) is 11.5 Å². The van der Waals surface area contributed by atoms with E-state index in [-0.39, 0.29) is 5.54 Å². The first-order valence-electron chi connectivity index (χ1n) is 5.63. The average molecular weight is 221 g/mol. The van der Waals surface area contributed by atoms with Gasteiger partial charge in [0.15, 0.2) is 11.5 Å². The molecule has 0 spiro atoms. The third kappa shape index (κ3) is 1.55. The molecule has 2 rings (SSSR count). The van der Waals surface area contributed by atoms with E-state index in [0.29, 0.717) is 0 Å². The molecule has 0 saturated heterocycles. The zero-order chi connectivity index (χ0) is 11.8. The van der Waals surface area contributed by atoms with Gasteiger partial charge in [0.05, 0.1) is 14.2 Å². The molecule has 16 heavy (non-hydrogen) atoms. The molecule has 0 aliphatic heterocycles. The van der Waals surface area contributed by atoms with E-state index in [1.165, 1.54) is 12.0 Å². The highest BCUT2D eigenvalue weighted by atomic mass is 16.5. The molecular formula is C13H19NO2. The molecule has 1 saturated carbocycles. The summed E-state index contributed by atoms with van der Waals surface area (Å²) in [7, 11) is 3.32. The molecule has 1 aliphatic rings. The van der Waals surface area contributed by atoms with Gasteiger partial charge in [-0.2, -0.15) is 0 Å². The zero-order valence-corrected chi connectivity index (χ0v) is 10.2. The Morgan fingerprint density at radius 3 is 2.31 bits per heavy atom. The first-order chi connectivity index (χ1) is 7.62. The van der Waals surface area contributed by atoms with Gasteiger partial charge >= 0.3 is 0 Å². The number of methoxy groups -OCH3 is 2. The van der Waals surface area contributed by atoms with Crippen molar-refractivity contribution in [3.05, 3.63) is 23.3 Å². The minimum absolute atomic E-state index is 0.218. The Labute approximate surface area is 96.5 Å². The lowest BCUT2D eigenvalue weighted by Gasteiger charge is -2.40. The second kappa shape index (κ2) is 3.98. The second-order valence-corrected chi connectivity index (χ2v) is 4.50. The van der Waals surface area contributed by atoms with E-state index < -0.39 is 0 Å². The Hall–Kier alpha value is -1.22. The molecule has 1 aromatic carbocycles. The van der Waals surface area contributed by atoms with Crippen LogP contribution in [0.25, 0.3) is 0 Å². The molecule has 0 amide bonds. The Kier molecular flexibility index (Phi) is 2.80. The van der Waals surface area contributed by atoms with Gasteiger partial charge in [0, 0.05) is 11.1 Å². The summed E-state index contributed by atoms with van der Waals surface area (Å²) >= 11 is 0. The fraction of sp³-hybridized carbons (Fsp3) is 0.538. The predicted molar refractivity (Wildman–Crippen MR) is 64.0 cm³/mol. The van der Waals surface area contributed by atoms with Gasteiger partial charge in [-0.15, -0.1) is 0 Å². The molecule has 0 heterocycles. The van der Waals surface area contributed by atoms with Crippen molar-refractivity contribution in [3.63, 3.8) is 0 Å². The molecule has 0 atom stereocenters. The van der Waals surface area contributed by atoms with E-state index in [1.54, 1.807) is 14.2 Å². The van der Waals surface area contributed by atoms with Crippen LogP contribution in [0.3, 0.4) is 0 Å². The largest absolute Gasteiger partial charge is 0.493 e. The quantitative estimate of drug-likeness (QED) is 0.852. The maximum absolute atomic E-state index is 6.39. The number of ether oxygens (including phenoxy) is 2. The van der Waals surface area contributed by atoms with E-state index in [2.05, 4.69) is 6.92 Å². The Bertz CT molecular complexity index is 397. The lowest BCUT2D eigenvalue weighted by atomic mass is 9.71. The SMILES string of the molecule is COc1ccc(C)c(C2(N)CCC2)c1OC. The monoisotopic (exact) mass is 221 g/mol. The summed E-state index contributed by atoms with van der Waals surface area (Å²) in [4.78, 5) is 0. The number of hydrogen-bond donors (Lipinski definition) is 1. The minimum atomic E-state index is -0.218. The minimum Gasteiger partial charge on any atom is -0.493 e. The topological polar surface area (TPSA) is 44.5 Å². The van der Waals surface area contributed by atoms with Crippen molar-refractivity contribution >= 4 is 0 Å². The summed E-state index contributed by atoms with van der Waals surface area (Å²) in [5, 5.41) is 0. The standard InChI is InChI=1S/C13H19NO2/c1-9-5-6-10(15-2)12(16-3)11(9)13(14)7-4-8-13/h5-6H,4,7-8,14H2,1-3H3. The maximum Gasteiger partial charge on any atom is 0.166 e. The van der Waals surface area contributed by atoms with Crippen LogP contribution < -0.4 is 15.2 Å². The number of benzene rings is 1. The van der Waals surface area contributed by atoms with Crippen molar-refractivity contribution in [1.29, 1.82) is 0 Å². The Morgan fingerprint density at radius 1 is 1.19 bits per heavy atom. The molecule has 3 nitrogen and oxygen atoms in total. The smallest absolute Gasteiger partial charge is 0.166 e. The summed E-state index contributed by atoms with van der Waals surface area (Å²) < 4.78 is 10.8. The molecule has 0 radical (unpaired) electrons. The van der Waals surface area contributed by atoms with Gasteiger partial charge in [-0.1, -0.05) is 6.07 Å². The van der Waals surface area contributed by atoms with Gasteiger partial charge in [-0.05, 0) is 37.8 Å². The van der Waals surface area contributed by atoms with Crippen LogP contribution in [0.5, 0.6) is 11.5 Å². The summed E-state index contributed by atoms with van der Waals surface area (Å²) in [5.41, 5.74) is 8.46. The Balaban J connectivity index is 2.56. The fourth-order valence-corrected chi connectivity index (χ4v) is 2.45. The van der Waals surface area contributed by atoms with Gasteiger partial charge in [-0.25, -0.2) is 0 Å². The highest BCUT2D eigenvalue weighted by molar-refractivity contribution is 5.54. The highest BCUT2D eigenvalue weighted by Gasteiger charge is 2.38. The zero-order valence-electron chi connectivity index (χ0n) is 10.2. The van der Waals surface area contributed by atoms with Crippen molar-refractivity contribution in [2.45, 2.75) is 31.7 Å². The molecule has 88 valence electrons. The first-order valence-corrected chi connectivity index (χ1v) is 5.63. The van der Waals surface area contributed by atoms with Crippen LogP contribution in [0, 0.1) is 6.92 Å². The second-order valence-electron chi connectivity index (χ2n) is 4.50. The van der Waals surface area contributed by atoms with Gasteiger partial charge in [0.25, 0.3) is 0 Å². The lowest BCUT2D eigenvalue weighted by Crippen LogP contribution is -2.44. The molecule has 3 heteroatoms. The van der Waals surface area contributed by atoms with Crippen LogP contribution in [-0.2, 0) is 5.54 Å². The van der Waals surface area contributed by atoms with Crippen molar-refractivity contribution in [2.75, 3.05) is 14.2 Å². The molecule has 0 unspecified atom stereocenters. The van der Waals surface area contributed by atoms with E-state index in [1.807, 2.05) is 12.1 Å². The van der Waals surface area contributed by atoms with Gasteiger partial charge in [-0.3, -0.25) is 0 Å². The molecule has 0 bridgehead atoms. The normalized spacial score (nSPS) is 17.8. The molecule has 1 fully saturated rings. The van der Waals surface area contributed by atoms with Crippen molar-refractivity contribution in [2.24, 2.45) is 5.73 Å². The van der Waals surface area contributed by atoms with Crippen LogP contribution in [-0.4, -0.2) is 14.2 Å². The van der Waals surface area contributed by atoms with Crippen LogP contribution in [0.4, 0.5) is 0 Å². The van der Waals surface area contributed by atoms with Crippen LogP contribution in [0.2, 0.25) is 0 Å². The van der Waals surface area contributed by atoms with E-state index in [9.17, 15) is 0 Å². The number of nitrogens with two attached hydrogens (primary N) is 1. The average Bonchev–Trinajstić information content (AvgIpc) is 2.25. The molecule has 1 aromatic rings. The van der Waals surface area contributed by atoms with Gasteiger partial charge < -0.3 is 15.2 Å². The van der Waals surface area contributed by atoms with Crippen molar-refractivity contribution in [1.82, 2.24) is 0 Å². The summed E-state index contributed by atoms with van der Waals surface area (Å²) in [6.45, 7) is 2.07. The van der Waals surface area contributed by atoms with Crippen molar-refractivity contribution < 1.29 is 9.47 Å². The third-order valence-electron chi connectivity index (χ3n) is 3.50. The van der Waals surface area contributed by atoms with Crippen LogP contribution in [0.1, 0.15) is 30.4 Å². The maximum atomic E-state index is 6.39. The Morgan fingerprint density at radius 2 is 1.88 bits per heavy atom. The number of hydrogen-bond acceptors (Lipinski definition) is 3. The summed E-state index contributed by atoms with van der Waals surface area (Å²) in [6, 6.07) is 3.98. The third-order valence-corrected chi connectivity index (χ3v) is 3.50. The number of aryl methyl sites for hydroxylation is 1. The lowest BCUT2D eigenvalue weighted by molar-refractivity contribution is 0.239. The summed E-state index contributed by atoms with van der Waals surface area (Å²) in [5.74, 6) is 1.56. The molecule has 2 N–H and O–H groups in total. The van der Waals surface area contributed by atoms with E-state index >= 15 is 0 Å². The molecular weight excluding hydrogens is 202 g/mol. The van der Waals surface area contributed by atoms with Crippen LogP contribution in [0.15, 0.2) is 12.1 Å². The molecule has 1 aliphatic carbocycles.